The van der Waals surface area contributed by atoms with E-state index in [2.05, 4.69) is 52.6 Å². The summed E-state index contributed by atoms with van der Waals surface area (Å²) in [7, 11) is 0. The Bertz CT molecular complexity index is 1010. The third kappa shape index (κ3) is 2.00. The lowest BCUT2D eigenvalue weighted by atomic mass is 9.61. The normalized spacial score (nSPS) is 34.6. The minimum Gasteiger partial charge on any atom is -0.632 e. The summed E-state index contributed by atoms with van der Waals surface area (Å²) in [6.07, 6.45) is 5.46. The summed E-state index contributed by atoms with van der Waals surface area (Å²) in [6.45, 7) is 15.1. The average molecular weight is 365 g/mol. The number of fused-ring (bicyclic) bond motifs is 3. The van der Waals surface area contributed by atoms with Crippen molar-refractivity contribution in [1.29, 1.82) is 0 Å². The van der Waals surface area contributed by atoms with E-state index in [0.29, 0.717) is 5.92 Å². The second-order valence-electron chi connectivity index (χ2n) is 9.72. The van der Waals surface area contributed by atoms with Crippen LogP contribution in [0.1, 0.15) is 60.2 Å². The van der Waals surface area contributed by atoms with Crippen molar-refractivity contribution in [2.75, 3.05) is 13.1 Å². The number of piperidine rings is 1. The average Bonchev–Trinajstić information content (AvgIpc) is 3.00. The van der Waals surface area contributed by atoms with E-state index in [4.69, 9.17) is 0 Å². The minimum absolute atomic E-state index is 0.00622. The smallest absolute Gasteiger partial charge is 0.121 e. The van der Waals surface area contributed by atoms with Gasteiger partial charge < -0.3 is 14.8 Å². The summed E-state index contributed by atoms with van der Waals surface area (Å²) in [5, 5.41) is 15.4. The van der Waals surface area contributed by atoms with Crippen LogP contribution in [0, 0.1) is 38.8 Å². The fourth-order valence-electron chi connectivity index (χ4n) is 6.94. The monoisotopic (exact) mass is 364 g/mol. The molecule has 0 saturated carbocycles. The van der Waals surface area contributed by atoms with Crippen LogP contribution in [-0.2, 0) is 11.8 Å². The predicted octanol–water partition coefficient (Wildman–Crippen LogP) is 5.27. The van der Waals surface area contributed by atoms with Crippen molar-refractivity contribution in [1.82, 2.24) is 4.98 Å². The van der Waals surface area contributed by atoms with Gasteiger partial charge in [0.05, 0.1) is 18.5 Å². The van der Waals surface area contributed by atoms with Crippen molar-refractivity contribution in [3.05, 3.63) is 50.4 Å². The van der Waals surface area contributed by atoms with Crippen LogP contribution in [0.3, 0.4) is 0 Å². The first-order valence-electron chi connectivity index (χ1n) is 10.6. The molecular formula is C24H32N2O. The Balaban J connectivity index is 1.85. The van der Waals surface area contributed by atoms with Gasteiger partial charge in [0, 0.05) is 28.9 Å². The summed E-state index contributed by atoms with van der Waals surface area (Å²) < 4.78 is -0.00622. The molecule has 0 amide bonds. The Morgan fingerprint density at radius 1 is 1.15 bits per heavy atom. The van der Waals surface area contributed by atoms with E-state index >= 15 is 0 Å². The van der Waals surface area contributed by atoms with Crippen LogP contribution in [0.2, 0.25) is 0 Å². The first-order chi connectivity index (χ1) is 12.7. The Hall–Kier alpha value is -1.58. The first-order valence-corrected chi connectivity index (χ1v) is 10.6. The molecule has 4 heterocycles. The lowest BCUT2D eigenvalue weighted by Gasteiger charge is -2.62. The van der Waals surface area contributed by atoms with E-state index in [1.54, 1.807) is 0 Å². The summed E-state index contributed by atoms with van der Waals surface area (Å²) in [5.41, 5.74) is 11.0. The number of nitrogens with one attached hydrogen (secondary N) is 1. The molecule has 4 bridgehead atoms. The number of aromatic nitrogens is 1. The van der Waals surface area contributed by atoms with E-state index in [1.165, 1.54) is 50.0 Å². The largest absolute Gasteiger partial charge is 0.632 e. The number of aryl methyl sites for hydroxylation is 2. The van der Waals surface area contributed by atoms with E-state index in [1.807, 2.05) is 0 Å². The summed E-state index contributed by atoms with van der Waals surface area (Å²) in [6, 6.07) is 0.0876. The highest BCUT2D eigenvalue weighted by molar-refractivity contribution is 5.93. The zero-order valence-corrected chi connectivity index (χ0v) is 17.6. The fraction of sp³-hybridized carbons (Fsp3) is 0.583. The molecule has 4 atom stereocenters. The van der Waals surface area contributed by atoms with Crippen LogP contribution >= 0.6 is 0 Å². The van der Waals surface area contributed by atoms with Gasteiger partial charge in [-0.3, -0.25) is 0 Å². The van der Waals surface area contributed by atoms with E-state index in [9.17, 15) is 5.21 Å². The zero-order valence-electron chi connectivity index (χ0n) is 17.6. The lowest BCUT2D eigenvalue weighted by molar-refractivity contribution is -0.914. The summed E-state index contributed by atoms with van der Waals surface area (Å²) in [4.78, 5) is 3.90. The second-order valence-corrected chi connectivity index (χ2v) is 9.72. The number of rotatable bonds is 1. The van der Waals surface area contributed by atoms with E-state index < -0.39 is 0 Å². The molecule has 4 unspecified atom stereocenters. The quantitative estimate of drug-likeness (QED) is 0.418. The van der Waals surface area contributed by atoms with Gasteiger partial charge in [-0.05, 0) is 80.9 Å². The SMILES string of the molecule is CCC1=CC2CC3(C)c4[nH]c5c(C)c(C)c(C)c(C)c5c4CC[N+]([O-])(C2)C13. The third-order valence-corrected chi connectivity index (χ3v) is 8.37. The van der Waals surface area contributed by atoms with Gasteiger partial charge in [0.1, 0.15) is 6.04 Å². The molecule has 27 heavy (non-hydrogen) atoms. The molecule has 1 fully saturated rings. The zero-order chi connectivity index (χ0) is 19.3. The van der Waals surface area contributed by atoms with Crippen molar-refractivity contribution >= 4 is 10.9 Å². The van der Waals surface area contributed by atoms with Crippen molar-refractivity contribution < 1.29 is 4.65 Å². The molecule has 1 saturated heterocycles. The van der Waals surface area contributed by atoms with Crippen molar-refractivity contribution in [2.24, 2.45) is 5.92 Å². The number of quaternary nitrogens is 1. The molecule has 1 N–H and O–H groups in total. The number of H-pyrrole nitrogens is 1. The van der Waals surface area contributed by atoms with Gasteiger partial charge in [-0.2, -0.15) is 0 Å². The highest BCUT2D eigenvalue weighted by Crippen LogP contribution is 2.55. The molecule has 4 aliphatic rings. The molecule has 3 aliphatic heterocycles. The van der Waals surface area contributed by atoms with Gasteiger partial charge in [-0.1, -0.05) is 13.0 Å². The number of benzene rings is 1. The number of aromatic amines is 1. The second kappa shape index (κ2) is 5.27. The molecule has 3 heteroatoms. The highest BCUT2D eigenvalue weighted by atomic mass is 16.5. The van der Waals surface area contributed by atoms with Crippen molar-refractivity contribution in [3.8, 4) is 0 Å². The molecule has 1 aliphatic carbocycles. The molecule has 1 aromatic heterocycles. The predicted molar refractivity (Wildman–Crippen MR) is 112 cm³/mol. The van der Waals surface area contributed by atoms with E-state index in [0.717, 1.165) is 32.4 Å². The molecule has 144 valence electrons. The van der Waals surface area contributed by atoms with Crippen molar-refractivity contribution in [3.63, 3.8) is 0 Å². The topological polar surface area (TPSA) is 38.8 Å². The Morgan fingerprint density at radius 3 is 2.56 bits per heavy atom. The van der Waals surface area contributed by atoms with Gasteiger partial charge in [0.25, 0.3) is 0 Å². The minimum atomic E-state index is -0.0731. The van der Waals surface area contributed by atoms with Crippen LogP contribution in [0.4, 0.5) is 0 Å². The standard InChI is InChI=1S/C24H32N2O/c1-7-18-10-17-11-24(6)22-19(8-9-26(27,12-17)23(18)24)20-15(4)13(2)14(3)16(5)21(20)25-22/h10,17,23,25H,7-9,11-12H2,1-6H3. The van der Waals surface area contributed by atoms with E-state index in [-0.39, 0.29) is 16.1 Å². The summed E-state index contributed by atoms with van der Waals surface area (Å²) in [5.74, 6) is 0.426. The maximum absolute atomic E-state index is 14.0. The van der Waals surface area contributed by atoms with Gasteiger partial charge in [0.2, 0.25) is 0 Å². The molecule has 1 aromatic carbocycles. The van der Waals surface area contributed by atoms with Gasteiger partial charge in [0.15, 0.2) is 0 Å². The molecule has 0 spiro atoms. The molecule has 2 aromatic rings. The van der Waals surface area contributed by atoms with Gasteiger partial charge in [-0.15, -0.1) is 0 Å². The maximum atomic E-state index is 14.0. The van der Waals surface area contributed by atoms with Crippen LogP contribution in [0.15, 0.2) is 11.6 Å². The van der Waals surface area contributed by atoms with Gasteiger partial charge >= 0.3 is 0 Å². The van der Waals surface area contributed by atoms with Crippen molar-refractivity contribution in [2.45, 2.75) is 72.3 Å². The Morgan fingerprint density at radius 2 is 1.85 bits per heavy atom. The van der Waals surface area contributed by atoms with Crippen LogP contribution in [0.5, 0.6) is 0 Å². The molecule has 0 radical (unpaired) electrons. The van der Waals surface area contributed by atoms with Crippen LogP contribution in [0.25, 0.3) is 10.9 Å². The number of nitrogens with zero attached hydrogens (tertiary/aromatic N) is 1. The third-order valence-electron chi connectivity index (χ3n) is 8.37. The molecule has 3 nitrogen and oxygen atoms in total. The number of hydrogen-bond acceptors (Lipinski definition) is 1. The summed E-state index contributed by atoms with van der Waals surface area (Å²) >= 11 is 0. The van der Waals surface area contributed by atoms with Crippen LogP contribution in [-0.4, -0.2) is 28.8 Å². The van der Waals surface area contributed by atoms with Gasteiger partial charge in [-0.25, -0.2) is 0 Å². The molecular weight excluding hydrogens is 332 g/mol. The van der Waals surface area contributed by atoms with Crippen LogP contribution < -0.4 is 0 Å². The Kier molecular flexibility index (Phi) is 3.42. The molecule has 6 rings (SSSR count). The Labute approximate surface area is 162 Å². The lowest BCUT2D eigenvalue weighted by Crippen LogP contribution is -2.67. The maximum Gasteiger partial charge on any atom is 0.121 e. The fourth-order valence-corrected chi connectivity index (χ4v) is 6.94. The first kappa shape index (κ1) is 17.5. The highest BCUT2D eigenvalue weighted by Gasteiger charge is 2.58. The number of hydroxylamine groups is 3. The number of hydrogen-bond donors (Lipinski definition) is 1.